The van der Waals surface area contributed by atoms with Crippen LogP contribution < -0.4 is 5.32 Å². The Labute approximate surface area is 134 Å². The molecule has 3 rings (SSSR count). The summed E-state index contributed by atoms with van der Waals surface area (Å²) in [5.74, 6) is 0. The fourth-order valence-electron chi connectivity index (χ4n) is 1.89. The first-order valence-electron chi connectivity index (χ1n) is 5.99. The van der Waals surface area contributed by atoms with Gasteiger partial charge in [0, 0.05) is 38.7 Å². The van der Waals surface area contributed by atoms with Gasteiger partial charge in [0.15, 0.2) is 0 Å². The van der Waals surface area contributed by atoms with Gasteiger partial charge in [-0.25, -0.2) is 4.68 Å². The molecule has 0 bridgehead atoms. The standard InChI is InChI=1S/C14H11BrClN3S/c15-10-6-12(20-9-10)8-17-13-7-11(16)2-3-14(13)19-5-1-4-18-19/h1-7,9,17H,8H2. The maximum Gasteiger partial charge on any atom is 0.0877 e. The first kappa shape index (κ1) is 13.7. The second-order valence-electron chi connectivity index (χ2n) is 4.20. The van der Waals surface area contributed by atoms with E-state index in [2.05, 4.69) is 37.8 Å². The summed E-state index contributed by atoms with van der Waals surface area (Å²) in [6, 6.07) is 9.75. The van der Waals surface area contributed by atoms with E-state index in [0.29, 0.717) is 5.02 Å². The zero-order chi connectivity index (χ0) is 13.9. The third kappa shape index (κ3) is 3.06. The van der Waals surface area contributed by atoms with Crippen molar-refractivity contribution < 1.29 is 0 Å². The van der Waals surface area contributed by atoms with Gasteiger partial charge in [0.2, 0.25) is 0 Å². The average Bonchev–Trinajstić information content (AvgIpc) is 3.08. The van der Waals surface area contributed by atoms with Crippen molar-refractivity contribution in [1.29, 1.82) is 0 Å². The van der Waals surface area contributed by atoms with E-state index in [1.165, 1.54) is 4.88 Å². The summed E-state index contributed by atoms with van der Waals surface area (Å²) in [5.41, 5.74) is 1.95. The van der Waals surface area contributed by atoms with Crippen molar-refractivity contribution in [2.45, 2.75) is 6.54 Å². The molecule has 0 spiro atoms. The molecule has 0 aliphatic rings. The van der Waals surface area contributed by atoms with Crippen molar-refractivity contribution in [3.8, 4) is 5.69 Å². The largest absolute Gasteiger partial charge is 0.378 e. The van der Waals surface area contributed by atoms with Crippen LogP contribution in [0.25, 0.3) is 5.69 Å². The highest BCUT2D eigenvalue weighted by Gasteiger charge is 2.06. The lowest BCUT2D eigenvalue weighted by molar-refractivity contribution is 0.879. The number of anilines is 1. The first-order chi connectivity index (χ1) is 9.72. The lowest BCUT2D eigenvalue weighted by Crippen LogP contribution is -2.04. The molecule has 0 aliphatic carbocycles. The summed E-state index contributed by atoms with van der Waals surface area (Å²) in [6.07, 6.45) is 3.67. The fourth-order valence-corrected chi connectivity index (χ4v) is 3.45. The number of thiophene rings is 1. The van der Waals surface area contributed by atoms with Crippen LogP contribution in [0.2, 0.25) is 5.02 Å². The van der Waals surface area contributed by atoms with E-state index < -0.39 is 0 Å². The van der Waals surface area contributed by atoms with E-state index in [0.717, 1.165) is 22.4 Å². The van der Waals surface area contributed by atoms with Gasteiger partial charge in [-0.2, -0.15) is 5.10 Å². The average molecular weight is 369 g/mol. The highest BCUT2D eigenvalue weighted by atomic mass is 79.9. The van der Waals surface area contributed by atoms with Crippen molar-refractivity contribution in [1.82, 2.24) is 9.78 Å². The fraction of sp³-hybridized carbons (Fsp3) is 0.0714. The van der Waals surface area contributed by atoms with Crippen molar-refractivity contribution >= 4 is 44.6 Å². The Morgan fingerprint density at radius 2 is 2.25 bits per heavy atom. The molecule has 0 fully saturated rings. The minimum Gasteiger partial charge on any atom is -0.378 e. The normalized spacial score (nSPS) is 10.7. The van der Waals surface area contributed by atoms with E-state index in [4.69, 9.17) is 11.6 Å². The Balaban J connectivity index is 1.86. The molecule has 1 aromatic carbocycles. The Bertz CT molecular complexity index is 709. The van der Waals surface area contributed by atoms with Crippen LogP contribution >= 0.6 is 38.9 Å². The number of nitrogens with zero attached hydrogens (tertiary/aromatic N) is 2. The second kappa shape index (κ2) is 5.99. The van der Waals surface area contributed by atoms with Gasteiger partial charge in [-0.3, -0.25) is 0 Å². The molecular formula is C14H11BrClN3S. The molecule has 20 heavy (non-hydrogen) atoms. The van der Waals surface area contributed by atoms with Crippen LogP contribution in [0, 0.1) is 0 Å². The molecule has 6 heteroatoms. The lowest BCUT2D eigenvalue weighted by atomic mass is 10.2. The van der Waals surface area contributed by atoms with Gasteiger partial charge in [0.25, 0.3) is 0 Å². The molecule has 0 unspecified atom stereocenters. The first-order valence-corrected chi connectivity index (χ1v) is 8.04. The Kier molecular flexibility index (Phi) is 4.10. The van der Waals surface area contributed by atoms with E-state index in [1.54, 1.807) is 17.5 Å². The number of halogens is 2. The summed E-state index contributed by atoms with van der Waals surface area (Å²) in [7, 11) is 0. The van der Waals surface area contributed by atoms with Crippen LogP contribution in [0.15, 0.2) is 52.6 Å². The van der Waals surface area contributed by atoms with Crippen LogP contribution in [-0.2, 0) is 6.54 Å². The molecule has 3 nitrogen and oxygen atoms in total. The molecule has 0 radical (unpaired) electrons. The smallest absolute Gasteiger partial charge is 0.0877 e. The Morgan fingerprint density at radius 1 is 1.35 bits per heavy atom. The molecule has 0 aliphatic heterocycles. The molecular weight excluding hydrogens is 358 g/mol. The van der Waals surface area contributed by atoms with Crippen molar-refractivity contribution in [2.75, 3.05) is 5.32 Å². The number of rotatable bonds is 4. The zero-order valence-corrected chi connectivity index (χ0v) is 13.5. The maximum absolute atomic E-state index is 6.09. The summed E-state index contributed by atoms with van der Waals surface area (Å²) in [6.45, 7) is 0.755. The predicted molar refractivity (Wildman–Crippen MR) is 87.9 cm³/mol. The van der Waals surface area contributed by atoms with Crippen molar-refractivity contribution in [3.63, 3.8) is 0 Å². The summed E-state index contributed by atoms with van der Waals surface area (Å²) < 4.78 is 2.93. The third-order valence-corrected chi connectivity index (χ3v) is 4.72. The number of nitrogens with one attached hydrogen (secondary N) is 1. The summed E-state index contributed by atoms with van der Waals surface area (Å²) in [4.78, 5) is 1.25. The predicted octanol–water partition coefficient (Wildman–Crippen LogP) is 4.96. The molecule has 0 saturated carbocycles. The van der Waals surface area contributed by atoms with Gasteiger partial charge in [-0.15, -0.1) is 11.3 Å². The van der Waals surface area contributed by atoms with Crippen molar-refractivity contribution in [3.05, 3.63) is 62.5 Å². The maximum atomic E-state index is 6.09. The second-order valence-corrected chi connectivity index (χ2v) is 6.54. The Morgan fingerprint density at radius 3 is 2.95 bits per heavy atom. The molecule has 1 N–H and O–H groups in total. The highest BCUT2D eigenvalue weighted by molar-refractivity contribution is 9.10. The number of benzene rings is 1. The molecule has 0 amide bonds. The number of aromatic nitrogens is 2. The quantitative estimate of drug-likeness (QED) is 0.705. The van der Waals surface area contributed by atoms with E-state index in [1.807, 2.05) is 35.1 Å². The minimum absolute atomic E-state index is 0.704. The van der Waals surface area contributed by atoms with Gasteiger partial charge in [0.05, 0.1) is 11.4 Å². The van der Waals surface area contributed by atoms with Gasteiger partial charge in [-0.05, 0) is 46.3 Å². The SMILES string of the molecule is Clc1ccc(-n2cccn2)c(NCc2cc(Br)cs2)c1. The van der Waals surface area contributed by atoms with Gasteiger partial charge in [-0.1, -0.05) is 11.6 Å². The molecule has 0 atom stereocenters. The molecule has 2 aromatic heterocycles. The van der Waals surface area contributed by atoms with E-state index >= 15 is 0 Å². The third-order valence-electron chi connectivity index (χ3n) is 2.78. The van der Waals surface area contributed by atoms with Crippen LogP contribution in [0.3, 0.4) is 0 Å². The summed E-state index contributed by atoms with van der Waals surface area (Å²) in [5, 5.41) is 10.5. The number of hydrogen-bond donors (Lipinski definition) is 1. The summed E-state index contributed by atoms with van der Waals surface area (Å²) >= 11 is 11.3. The van der Waals surface area contributed by atoms with Gasteiger partial charge < -0.3 is 5.32 Å². The molecule has 3 aromatic rings. The van der Waals surface area contributed by atoms with Crippen LogP contribution in [0.4, 0.5) is 5.69 Å². The van der Waals surface area contributed by atoms with Crippen LogP contribution in [-0.4, -0.2) is 9.78 Å². The molecule has 2 heterocycles. The zero-order valence-electron chi connectivity index (χ0n) is 10.4. The minimum atomic E-state index is 0.704. The lowest BCUT2D eigenvalue weighted by Gasteiger charge is -2.12. The molecule has 102 valence electrons. The highest BCUT2D eigenvalue weighted by Crippen LogP contribution is 2.26. The van der Waals surface area contributed by atoms with E-state index in [9.17, 15) is 0 Å². The van der Waals surface area contributed by atoms with Crippen LogP contribution in [0.5, 0.6) is 0 Å². The number of hydrogen-bond acceptors (Lipinski definition) is 3. The Hall–Kier alpha value is -1.30. The topological polar surface area (TPSA) is 29.9 Å². The van der Waals surface area contributed by atoms with Crippen LogP contribution in [0.1, 0.15) is 4.88 Å². The molecule has 0 saturated heterocycles. The van der Waals surface area contributed by atoms with Gasteiger partial charge in [0.1, 0.15) is 0 Å². The van der Waals surface area contributed by atoms with Crippen molar-refractivity contribution in [2.24, 2.45) is 0 Å². The van der Waals surface area contributed by atoms with Gasteiger partial charge >= 0.3 is 0 Å². The monoisotopic (exact) mass is 367 g/mol. The van der Waals surface area contributed by atoms with E-state index in [-0.39, 0.29) is 0 Å².